The van der Waals surface area contributed by atoms with Crippen molar-refractivity contribution in [2.24, 2.45) is 4.99 Å². The molecule has 2 aromatic rings. The third-order valence-corrected chi connectivity index (χ3v) is 5.17. The Balaban J connectivity index is 2.07. The lowest BCUT2D eigenvalue weighted by Crippen LogP contribution is -2.13. The van der Waals surface area contributed by atoms with Gasteiger partial charge in [-0.2, -0.15) is 0 Å². The zero-order chi connectivity index (χ0) is 20.1. The van der Waals surface area contributed by atoms with Crippen LogP contribution in [0.15, 0.2) is 63.7 Å². The van der Waals surface area contributed by atoms with E-state index in [1.807, 2.05) is 49.4 Å². The number of pyridine rings is 1. The van der Waals surface area contributed by atoms with Gasteiger partial charge in [-0.15, -0.1) is 0 Å². The van der Waals surface area contributed by atoms with Gasteiger partial charge < -0.3 is 9.84 Å². The number of benzene rings is 1. The van der Waals surface area contributed by atoms with Gasteiger partial charge in [0.05, 0.1) is 22.9 Å². The average Bonchev–Trinajstić information content (AvgIpc) is 2.97. The van der Waals surface area contributed by atoms with E-state index in [2.05, 4.69) is 16.9 Å². The van der Waals surface area contributed by atoms with Gasteiger partial charge >= 0.3 is 5.97 Å². The molecule has 28 heavy (non-hydrogen) atoms. The highest BCUT2D eigenvalue weighted by molar-refractivity contribution is 8.18. The minimum absolute atomic E-state index is 0.0941. The summed E-state index contributed by atoms with van der Waals surface area (Å²) in [4.78, 5) is 22.1. The van der Waals surface area contributed by atoms with E-state index >= 15 is 0 Å². The van der Waals surface area contributed by atoms with Crippen molar-refractivity contribution in [1.82, 2.24) is 4.98 Å². The van der Waals surface area contributed by atoms with Crippen molar-refractivity contribution in [2.45, 2.75) is 27.2 Å². The van der Waals surface area contributed by atoms with E-state index in [0.29, 0.717) is 15.6 Å². The third kappa shape index (κ3) is 4.34. The Hall–Kier alpha value is -2.86. The molecule has 1 aromatic heterocycles. The average molecular weight is 394 g/mol. The number of hydrogen-bond donors (Lipinski definition) is 1. The maximum Gasteiger partial charge on any atom is 0.344 e. The third-order valence-electron chi connectivity index (χ3n) is 4.15. The topological polar surface area (TPSA) is 71.8 Å². The lowest BCUT2D eigenvalue weighted by atomic mass is 10.1. The number of carbonyl (C=O) groups is 1. The highest BCUT2D eigenvalue weighted by atomic mass is 32.2. The molecule has 2 heterocycles. The van der Waals surface area contributed by atoms with Gasteiger partial charge in [-0.1, -0.05) is 43.0 Å². The summed E-state index contributed by atoms with van der Waals surface area (Å²) in [5.74, 6) is -0.708. The lowest BCUT2D eigenvalue weighted by Gasteiger charge is -2.06. The molecule has 1 aromatic carbocycles. The van der Waals surface area contributed by atoms with E-state index in [4.69, 9.17) is 4.74 Å². The van der Waals surface area contributed by atoms with Gasteiger partial charge in [0.15, 0.2) is 0 Å². The summed E-state index contributed by atoms with van der Waals surface area (Å²) in [6, 6.07) is 13.4. The first-order valence-electron chi connectivity index (χ1n) is 9.14. The molecule has 0 saturated carbocycles. The molecule has 0 unspecified atom stereocenters. The van der Waals surface area contributed by atoms with Gasteiger partial charge in [0.2, 0.25) is 0 Å². The quantitative estimate of drug-likeness (QED) is 0.711. The number of aromatic nitrogens is 1. The number of nitrogens with zero attached hydrogens (tertiary/aromatic N) is 2. The summed E-state index contributed by atoms with van der Waals surface area (Å²) in [5, 5.41) is 11.2. The molecule has 0 fully saturated rings. The maximum atomic E-state index is 12.5. The molecule has 0 radical (unpaired) electrons. The largest absolute Gasteiger partial charge is 0.506 e. The van der Waals surface area contributed by atoms with E-state index in [9.17, 15) is 9.90 Å². The van der Waals surface area contributed by atoms with E-state index in [-0.39, 0.29) is 17.9 Å². The van der Waals surface area contributed by atoms with Gasteiger partial charge in [-0.05, 0) is 50.1 Å². The molecular weight excluding hydrogens is 372 g/mol. The van der Waals surface area contributed by atoms with Crippen LogP contribution in [0, 0.1) is 6.92 Å². The molecule has 0 spiro atoms. The molecule has 0 bridgehead atoms. The van der Waals surface area contributed by atoms with Crippen LogP contribution in [-0.4, -0.2) is 27.7 Å². The molecule has 1 aliphatic rings. The Morgan fingerprint density at radius 1 is 1.21 bits per heavy atom. The van der Waals surface area contributed by atoms with Gasteiger partial charge in [0.1, 0.15) is 16.4 Å². The first-order valence-corrected chi connectivity index (χ1v) is 9.96. The van der Waals surface area contributed by atoms with Gasteiger partial charge in [0.25, 0.3) is 0 Å². The SMILES string of the molecule is CCOC(=O)C1=C(O)C(=Cc2cccc(C)n2)SC1=Nc1ccccc1CC. The number of para-hydroxylation sites is 1. The van der Waals surface area contributed by atoms with Crippen molar-refractivity contribution in [3.8, 4) is 0 Å². The summed E-state index contributed by atoms with van der Waals surface area (Å²) in [7, 11) is 0. The van der Waals surface area contributed by atoms with Crippen LogP contribution in [0.4, 0.5) is 5.69 Å². The van der Waals surface area contributed by atoms with E-state index in [1.165, 1.54) is 11.8 Å². The standard InChI is InChI=1S/C22H22N2O3S/c1-4-15-10-6-7-12-17(15)24-21-19(22(26)27-5-2)20(25)18(28-21)13-16-11-8-9-14(3)23-16/h6-13,25H,4-5H2,1-3H3. The first-order chi connectivity index (χ1) is 13.5. The van der Waals surface area contributed by atoms with Crippen LogP contribution in [0.3, 0.4) is 0 Å². The number of thioether (sulfide) groups is 1. The normalized spacial score (nSPS) is 16.8. The van der Waals surface area contributed by atoms with Crippen molar-refractivity contribution in [3.63, 3.8) is 0 Å². The fourth-order valence-corrected chi connectivity index (χ4v) is 3.81. The second kappa shape index (κ2) is 8.89. The fraction of sp³-hybridized carbons (Fsp3) is 0.227. The van der Waals surface area contributed by atoms with Crippen LogP contribution in [0.5, 0.6) is 0 Å². The van der Waals surface area contributed by atoms with E-state index in [1.54, 1.807) is 13.0 Å². The van der Waals surface area contributed by atoms with Crippen LogP contribution < -0.4 is 0 Å². The molecule has 3 rings (SSSR count). The van der Waals surface area contributed by atoms with E-state index in [0.717, 1.165) is 23.4 Å². The Bertz CT molecular complexity index is 993. The summed E-state index contributed by atoms with van der Waals surface area (Å²) in [6.45, 7) is 5.90. The minimum Gasteiger partial charge on any atom is -0.506 e. The number of hydrogen-bond acceptors (Lipinski definition) is 6. The maximum absolute atomic E-state index is 12.5. The number of carbonyl (C=O) groups excluding carboxylic acids is 1. The van der Waals surface area contributed by atoms with Crippen molar-refractivity contribution in [1.29, 1.82) is 0 Å². The summed E-state index contributed by atoms with van der Waals surface area (Å²) < 4.78 is 5.14. The summed E-state index contributed by atoms with van der Waals surface area (Å²) in [6.07, 6.45) is 2.57. The highest BCUT2D eigenvalue weighted by Crippen LogP contribution is 2.40. The Kier molecular flexibility index (Phi) is 6.31. The lowest BCUT2D eigenvalue weighted by molar-refractivity contribution is -0.138. The minimum atomic E-state index is -0.583. The van der Waals surface area contributed by atoms with Crippen LogP contribution >= 0.6 is 11.8 Å². The van der Waals surface area contributed by atoms with Crippen LogP contribution in [-0.2, 0) is 16.0 Å². The number of esters is 1. The zero-order valence-electron chi connectivity index (χ0n) is 16.1. The molecule has 144 valence electrons. The molecule has 1 N–H and O–H groups in total. The second-order valence-electron chi connectivity index (χ2n) is 6.16. The molecule has 6 heteroatoms. The highest BCUT2D eigenvalue weighted by Gasteiger charge is 2.33. The van der Waals surface area contributed by atoms with Crippen molar-refractivity contribution in [2.75, 3.05) is 6.61 Å². The Labute approximate surface area is 168 Å². The predicted octanol–water partition coefficient (Wildman–Crippen LogP) is 5.15. The molecule has 0 atom stereocenters. The van der Waals surface area contributed by atoms with Gasteiger partial charge in [0, 0.05) is 5.69 Å². The first kappa shape index (κ1) is 19.9. The fourth-order valence-electron chi connectivity index (χ4n) is 2.80. The summed E-state index contributed by atoms with van der Waals surface area (Å²) >= 11 is 1.24. The van der Waals surface area contributed by atoms with Crippen molar-refractivity contribution >= 4 is 34.5 Å². The molecule has 0 saturated heterocycles. The number of aliphatic hydroxyl groups is 1. The van der Waals surface area contributed by atoms with Gasteiger partial charge in [-0.3, -0.25) is 4.98 Å². The zero-order valence-corrected chi connectivity index (χ0v) is 16.9. The molecule has 0 amide bonds. The molecule has 5 nitrogen and oxygen atoms in total. The number of rotatable bonds is 5. The molecule has 1 aliphatic heterocycles. The molecule has 0 aliphatic carbocycles. The van der Waals surface area contributed by atoms with Crippen LogP contribution in [0.2, 0.25) is 0 Å². The summed E-state index contributed by atoms with van der Waals surface area (Å²) in [5.41, 5.74) is 3.51. The smallest absolute Gasteiger partial charge is 0.344 e. The number of aliphatic imine (C=N–C) groups is 1. The van der Waals surface area contributed by atoms with Gasteiger partial charge in [-0.25, -0.2) is 9.79 Å². The Morgan fingerprint density at radius 3 is 2.71 bits per heavy atom. The van der Waals surface area contributed by atoms with Crippen molar-refractivity contribution in [3.05, 3.63) is 75.7 Å². The monoisotopic (exact) mass is 394 g/mol. The van der Waals surface area contributed by atoms with Crippen molar-refractivity contribution < 1.29 is 14.6 Å². The van der Waals surface area contributed by atoms with E-state index < -0.39 is 5.97 Å². The van der Waals surface area contributed by atoms with Crippen LogP contribution in [0.1, 0.15) is 30.8 Å². The number of ether oxygens (including phenoxy) is 1. The predicted molar refractivity (Wildman–Crippen MR) is 114 cm³/mol. The van der Waals surface area contributed by atoms with Crippen LogP contribution in [0.25, 0.3) is 6.08 Å². The molecular formula is C22H22N2O3S. The number of aliphatic hydroxyl groups excluding tert-OH is 1. The second-order valence-corrected chi connectivity index (χ2v) is 7.19. The Morgan fingerprint density at radius 2 is 2.00 bits per heavy atom. The number of aryl methyl sites for hydroxylation is 2.